The summed E-state index contributed by atoms with van der Waals surface area (Å²) in [5.41, 5.74) is 3.06. The van der Waals surface area contributed by atoms with Gasteiger partial charge in [0.25, 0.3) is 0 Å². The standard InChI is InChI=1S/C16H14O3/c1-18-13-8-6-11(7-9-13)16-14-5-3-2-4-12(14)10-15(17)19-16/h2-9,16H,10H2,1H3/t16-/m1/s1. The lowest BCUT2D eigenvalue weighted by atomic mass is 9.93. The van der Waals surface area contributed by atoms with Gasteiger partial charge in [0.1, 0.15) is 5.75 Å². The Morgan fingerprint density at radius 1 is 1.11 bits per heavy atom. The quantitative estimate of drug-likeness (QED) is 0.773. The smallest absolute Gasteiger partial charge is 0.311 e. The van der Waals surface area contributed by atoms with E-state index in [1.807, 2.05) is 48.5 Å². The fraction of sp³-hybridized carbons (Fsp3) is 0.188. The second-order valence-electron chi connectivity index (χ2n) is 4.52. The van der Waals surface area contributed by atoms with E-state index in [1.54, 1.807) is 7.11 Å². The minimum absolute atomic E-state index is 0.181. The minimum atomic E-state index is -0.316. The molecule has 0 spiro atoms. The van der Waals surface area contributed by atoms with Crippen molar-refractivity contribution in [3.63, 3.8) is 0 Å². The van der Waals surface area contributed by atoms with Crippen molar-refractivity contribution in [1.29, 1.82) is 0 Å². The Balaban J connectivity index is 2.02. The Morgan fingerprint density at radius 2 is 1.84 bits per heavy atom. The number of hydrogen-bond donors (Lipinski definition) is 0. The minimum Gasteiger partial charge on any atom is -0.497 e. The average molecular weight is 254 g/mol. The van der Waals surface area contributed by atoms with Crippen LogP contribution in [0.4, 0.5) is 0 Å². The van der Waals surface area contributed by atoms with Gasteiger partial charge in [-0.25, -0.2) is 0 Å². The van der Waals surface area contributed by atoms with E-state index in [0.717, 1.165) is 22.4 Å². The molecule has 0 aromatic heterocycles. The van der Waals surface area contributed by atoms with Gasteiger partial charge in [-0.2, -0.15) is 0 Å². The van der Waals surface area contributed by atoms with Crippen LogP contribution in [0.25, 0.3) is 0 Å². The molecule has 0 bridgehead atoms. The molecule has 1 heterocycles. The maximum Gasteiger partial charge on any atom is 0.311 e. The van der Waals surface area contributed by atoms with Crippen LogP contribution in [0.1, 0.15) is 22.8 Å². The predicted molar refractivity (Wildman–Crippen MR) is 71.1 cm³/mol. The summed E-state index contributed by atoms with van der Waals surface area (Å²) in [5.74, 6) is 0.610. The Kier molecular flexibility index (Phi) is 2.95. The first-order valence-electron chi connectivity index (χ1n) is 6.19. The van der Waals surface area contributed by atoms with Gasteiger partial charge in [0.05, 0.1) is 13.5 Å². The summed E-state index contributed by atoms with van der Waals surface area (Å²) < 4.78 is 10.6. The second-order valence-corrected chi connectivity index (χ2v) is 4.52. The van der Waals surface area contributed by atoms with Crippen molar-refractivity contribution in [2.45, 2.75) is 12.5 Å². The highest BCUT2D eigenvalue weighted by Crippen LogP contribution is 2.33. The van der Waals surface area contributed by atoms with E-state index in [0.29, 0.717) is 6.42 Å². The molecule has 2 aromatic rings. The summed E-state index contributed by atoms with van der Waals surface area (Å²) in [4.78, 5) is 11.7. The Morgan fingerprint density at radius 3 is 2.58 bits per heavy atom. The molecule has 96 valence electrons. The van der Waals surface area contributed by atoms with Crippen molar-refractivity contribution in [3.8, 4) is 5.75 Å². The zero-order valence-electron chi connectivity index (χ0n) is 10.6. The maximum atomic E-state index is 11.7. The van der Waals surface area contributed by atoms with Crippen LogP contribution >= 0.6 is 0 Å². The van der Waals surface area contributed by atoms with Crippen LogP contribution in [-0.4, -0.2) is 13.1 Å². The van der Waals surface area contributed by atoms with Crippen LogP contribution in [0.15, 0.2) is 48.5 Å². The van der Waals surface area contributed by atoms with Gasteiger partial charge in [-0.05, 0) is 23.3 Å². The summed E-state index contributed by atoms with van der Waals surface area (Å²) in [6.45, 7) is 0. The highest BCUT2D eigenvalue weighted by molar-refractivity contribution is 5.76. The monoisotopic (exact) mass is 254 g/mol. The van der Waals surface area contributed by atoms with Crippen LogP contribution in [0.3, 0.4) is 0 Å². The third-order valence-corrected chi connectivity index (χ3v) is 3.34. The van der Waals surface area contributed by atoms with Gasteiger partial charge in [0.15, 0.2) is 6.10 Å². The van der Waals surface area contributed by atoms with Gasteiger partial charge in [0, 0.05) is 5.56 Å². The number of ether oxygens (including phenoxy) is 2. The maximum absolute atomic E-state index is 11.7. The molecule has 1 aliphatic heterocycles. The molecule has 0 saturated carbocycles. The molecule has 1 aliphatic rings. The van der Waals surface area contributed by atoms with Crippen molar-refractivity contribution < 1.29 is 14.3 Å². The van der Waals surface area contributed by atoms with Crippen molar-refractivity contribution in [3.05, 3.63) is 65.2 Å². The summed E-state index contributed by atoms with van der Waals surface area (Å²) in [6, 6.07) is 15.5. The van der Waals surface area contributed by atoms with Gasteiger partial charge in [0.2, 0.25) is 0 Å². The summed E-state index contributed by atoms with van der Waals surface area (Å²) >= 11 is 0. The molecule has 2 aromatic carbocycles. The molecule has 3 rings (SSSR count). The lowest BCUT2D eigenvalue weighted by Crippen LogP contribution is -2.22. The number of cyclic esters (lactones) is 1. The number of benzene rings is 2. The van der Waals surface area contributed by atoms with E-state index in [4.69, 9.17) is 9.47 Å². The molecule has 1 atom stereocenters. The fourth-order valence-corrected chi connectivity index (χ4v) is 2.37. The van der Waals surface area contributed by atoms with E-state index in [2.05, 4.69) is 0 Å². The van der Waals surface area contributed by atoms with Crippen LogP contribution in [-0.2, 0) is 16.0 Å². The van der Waals surface area contributed by atoms with E-state index in [-0.39, 0.29) is 12.1 Å². The third-order valence-electron chi connectivity index (χ3n) is 3.34. The van der Waals surface area contributed by atoms with Crippen molar-refractivity contribution >= 4 is 5.97 Å². The zero-order chi connectivity index (χ0) is 13.2. The van der Waals surface area contributed by atoms with Crippen molar-refractivity contribution in [1.82, 2.24) is 0 Å². The molecule has 0 aliphatic carbocycles. The largest absolute Gasteiger partial charge is 0.497 e. The van der Waals surface area contributed by atoms with E-state index in [1.165, 1.54) is 0 Å². The number of carbonyl (C=O) groups excluding carboxylic acids is 1. The highest BCUT2D eigenvalue weighted by Gasteiger charge is 2.27. The Hall–Kier alpha value is -2.29. The topological polar surface area (TPSA) is 35.5 Å². The summed E-state index contributed by atoms with van der Waals surface area (Å²) in [6.07, 6.45) is 0.0337. The molecule has 0 N–H and O–H groups in total. The van der Waals surface area contributed by atoms with Gasteiger partial charge in [-0.15, -0.1) is 0 Å². The molecule has 0 fully saturated rings. The van der Waals surface area contributed by atoms with E-state index >= 15 is 0 Å². The second kappa shape index (κ2) is 4.76. The lowest BCUT2D eigenvalue weighted by molar-refractivity contribution is -0.148. The van der Waals surface area contributed by atoms with Crippen LogP contribution in [0.5, 0.6) is 5.75 Å². The van der Waals surface area contributed by atoms with E-state index < -0.39 is 0 Å². The molecule has 3 heteroatoms. The SMILES string of the molecule is COc1ccc([C@H]2OC(=O)Cc3ccccc32)cc1. The highest BCUT2D eigenvalue weighted by atomic mass is 16.5. The summed E-state index contributed by atoms with van der Waals surface area (Å²) in [5, 5.41) is 0. The van der Waals surface area contributed by atoms with Gasteiger partial charge < -0.3 is 9.47 Å². The van der Waals surface area contributed by atoms with Crippen molar-refractivity contribution in [2.75, 3.05) is 7.11 Å². The molecule has 19 heavy (non-hydrogen) atoms. The first kappa shape index (κ1) is 11.8. The number of methoxy groups -OCH3 is 1. The van der Waals surface area contributed by atoms with E-state index in [9.17, 15) is 4.79 Å². The zero-order valence-corrected chi connectivity index (χ0v) is 10.6. The predicted octanol–water partition coefficient (Wildman–Crippen LogP) is 2.88. The molecule has 0 amide bonds. The molecule has 3 nitrogen and oxygen atoms in total. The molecule has 0 radical (unpaired) electrons. The summed E-state index contributed by atoms with van der Waals surface area (Å²) in [7, 11) is 1.63. The number of esters is 1. The van der Waals surface area contributed by atoms with Gasteiger partial charge in [-0.3, -0.25) is 4.79 Å². The molecule has 0 unspecified atom stereocenters. The number of fused-ring (bicyclic) bond motifs is 1. The Labute approximate surface area is 111 Å². The lowest BCUT2D eigenvalue weighted by Gasteiger charge is -2.25. The Bertz CT molecular complexity index is 602. The molecular weight excluding hydrogens is 240 g/mol. The normalized spacial score (nSPS) is 17.5. The van der Waals surface area contributed by atoms with Gasteiger partial charge >= 0.3 is 5.97 Å². The van der Waals surface area contributed by atoms with Crippen LogP contribution < -0.4 is 4.74 Å². The number of hydrogen-bond acceptors (Lipinski definition) is 3. The average Bonchev–Trinajstić information content (AvgIpc) is 2.46. The first-order valence-corrected chi connectivity index (χ1v) is 6.19. The van der Waals surface area contributed by atoms with Gasteiger partial charge in [-0.1, -0.05) is 36.4 Å². The fourth-order valence-electron chi connectivity index (χ4n) is 2.37. The van der Waals surface area contributed by atoms with Crippen LogP contribution in [0, 0.1) is 0 Å². The third kappa shape index (κ3) is 2.19. The first-order chi connectivity index (χ1) is 9.28. The molecule has 0 saturated heterocycles. The number of rotatable bonds is 2. The molecular formula is C16H14O3. The van der Waals surface area contributed by atoms with Crippen LogP contribution in [0.2, 0.25) is 0 Å². The number of carbonyl (C=O) groups is 1. The van der Waals surface area contributed by atoms with Crippen molar-refractivity contribution in [2.24, 2.45) is 0 Å².